The third kappa shape index (κ3) is 2.91. The van der Waals surface area contributed by atoms with Gasteiger partial charge in [-0.2, -0.15) is 0 Å². The number of anilines is 1. The lowest BCUT2D eigenvalue weighted by atomic mass is 10.1. The van der Waals surface area contributed by atoms with Gasteiger partial charge in [-0.3, -0.25) is 4.79 Å². The smallest absolute Gasteiger partial charge is 0.256 e. The van der Waals surface area contributed by atoms with E-state index in [-0.39, 0.29) is 36.7 Å². The summed E-state index contributed by atoms with van der Waals surface area (Å²) < 4.78 is 23.6. The number of carbonyl (C=O) groups is 1. The molecule has 1 fully saturated rings. The lowest BCUT2D eigenvalue weighted by Crippen LogP contribution is -2.54. The van der Waals surface area contributed by atoms with Crippen molar-refractivity contribution in [3.05, 3.63) is 29.8 Å². The number of halogens is 1. The summed E-state index contributed by atoms with van der Waals surface area (Å²) in [5.74, 6) is -0.191. The molecule has 2 unspecified atom stereocenters. The van der Waals surface area contributed by atoms with Crippen LogP contribution in [0.3, 0.4) is 0 Å². The maximum atomic E-state index is 12.4. The van der Waals surface area contributed by atoms with Gasteiger partial charge in [-0.05, 0) is 26.0 Å². The Labute approximate surface area is 125 Å². The van der Waals surface area contributed by atoms with Gasteiger partial charge < -0.3 is 10.6 Å². The van der Waals surface area contributed by atoms with Gasteiger partial charge in [0.1, 0.15) is 0 Å². The number of nitrogen functional groups attached to an aromatic ring is 1. The van der Waals surface area contributed by atoms with E-state index in [9.17, 15) is 13.2 Å². The molecule has 0 aromatic heterocycles. The maximum absolute atomic E-state index is 12.4. The van der Waals surface area contributed by atoms with E-state index in [4.69, 9.17) is 5.73 Å². The molecule has 20 heavy (non-hydrogen) atoms. The van der Waals surface area contributed by atoms with E-state index < -0.39 is 15.1 Å². The first kappa shape index (κ1) is 16.8. The molecule has 2 atom stereocenters. The number of hydrogen-bond acceptors (Lipinski definition) is 4. The zero-order valence-electron chi connectivity index (χ0n) is 11.4. The normalized spacial score (nSPS) is 24.8. The highest BCUT2D eigenvalue weighted by molar-refractivity contribution is 7.92. The van der Waals surface area contributed by atoms with Crippen LogP contribution in [-0.4, -0.2) is 42.8 Å². The Morgan fingerprint density at radius 3 is 2.50 bits per heavy atom. The van der Waals surface area contributed by atoms with Crippen molar-refractivity contribution in [3.63, 3.8) is 0 Å². The standard InChI is InChI=1S/C13H18N2O3S.ClH/c1-9-10(2)19(17,18)8-7-15(9)13(16)11-5-3-4-6-12(11)14;/h3-6,9-10H,7-8,14H2,1-2H3;1H. The third-order valence-electron chi connectivity index (χ3n) is 3.81. The van der Waals surface area contributed by atoms with Crippen LogP contribution in [0, 0.1) is 0 Å². The molecule has 5 nitrogen and oxygen atoms in total. The molecule has 1 saturated heterocycles. The molecule has 7 heteroatoms. The minimum Gasteiger partial charge on any atom is -0.398 e. The molecule has 1 aliphatic heterocycles. The zero-order valence-corrected chi connectivity index (χ0v) is 13.1. The Kier molecular flexibility index (Phi) is 5.05. The van der Waals surface area contributed by atoms with E-state index in [0.717, 1.165) is 0 Å². The SMILES string of the molecule is CC1C(C)S(=O)(=O)CCN1C(=O)c1ccccc1N.Cl. The van der Waals surface area contributed by atoms with Crippen LogP contribution in [0.4, 0.5) is 5.69 Å². The maximum Gasteiger partial charge on any atom is 0.256 e. The second-order valence-electron chi connectivity index (χ2n) is 4.90. The van der Waals surface area contributed by atoms with E-state index in [0.29, 0.717) is 11.3 Å². The lowest BCUT2D eigenvalue weighted by Gasteiger charge is -2.37. The van der Waals surface area contributed by atoms with Crippen molar-refractivity contribution in [2.75, 3.05) is 18.0 Å². The quantitative estimate of drug-likeness (QED) is 0.792. The van der Waals surface area contributed by atoms with Crippen LogP contribution in [0.25, 0.3) is 0 Å². The van der Waals surface area contributed by atoms with Crippen LogP contribution in [0.15, 0.2) is 24.3 Å². The summed E-state index contributed by atoms with van der Waals surface area (Å²) in [4.78, 5) is 14.0. The molecule has 1 aliphatic rings. The van der Waals surface area contributed by atoms with E-state index >= 15 is 0 Å². The summed E-state index contributed by atoms with van der Waals surface area (Å²) in [6, 6.07) is 6.50. The van der Waals surface area contributed by atoms with Gasteiger partial charge in [0.25, 0.3) is 5.91 Å². The predicted octanol–water partition coefficient (Wildman–Crippen LogP) is 1.34. The summed E-state index contributed by atoms with van der Waals surface area (Å²) in [5, 5.41) is -0.546. The summed E-state index contributed by atoms with van der Waals surface area (Å²) in [6.07, 6.45) is 0. The zero-order chi connectivity index (χ0) is 14.2. The van der Waals surface area contributed by atoms with Crippen molar-refractivity contribution in [2.45, 2.75) is 25.1 Å². The van der Waals surface area contributed by atoms with E-state index in [1.807, 2.05) is 0 Å². The number of nitrogens with zero attached hydrogens (tertiary/aromatic N) is 1. The van der Waals surface area contributed by atoms with Gasteiger partial charge in [-0.15, -0.1) is 12.4 Å². The second-order valence-corrected chi connectivity index (χ2v) is 7.38. The fourth-order valence-electron chi connectivity index (χ4n) is 2.30. The average Bonchev–Trinajstić information content (AvgIpc) is 2.36. The van der Waals surface area contributed by atoms with Crippen LogP contribution >= 0.6 is 12.4 Å². The molecule has 1 aromatic rings. The highest BCUT2D eigenvalue weighted by atomic mass is 35.5. The number of para-hydroxylation sites is 1. The molecule has 2 N–H and O–H groups in total. The molecule has 1 aromatic carbocycles. The van der Waals surface area contributed by atoms with Crippen molar-refractivity contribution in [2.24, 2.45) is 0 Å². The van der Waals surface area contributed by atoms with Crippen molar-refractivity contribution in [1.29, 1.82) is 0 Å². The van der Waals surface area contributed by atoms with Gasteiger partial charge in [0.05, 0.1) is 16.6 Å². The molecule has 0 bridgehead atoms. The second kappa shape index (κ2) is 6.01. The number of amides is 1. The van der Waals surface area contributed by atoms with Crippen molar-refractivity contribution in [3.8, 4) is 0 Å². The highest BCUT2D eigenvalue weighted by Gasteiger charge is 2.38. The molecule has 0 spiro atoms. The summed E-state index contributed by atoms with van der Waals surface area (Å²) >= 11 is 0. The Hall–Kier alpha value is -1.27. The van der Waals surface area contributed by atoms with Crippen molar-refractivity contribution in [1.82, 2.24) is 4.90 Å². The number of benzene rings is 1. The fraction of sp³-hybridized carbons (Fsp3) is 0.462. The first-order chi connectivity index (χ1) is 8.84. The number of rotatable bonds is 1. The van der Waals surface area contributed by atoms with Crippen molar-refractivity contribution >= 4 is 33.8 Å². The first-order valence-corrected chi connectivity index (χ1v) is 7.93. The van der Waals surface area contributed by atoms with Gasteiger partial charge in [0.15, 0.2) is 9.84 Å². The van der Waals surface area contributed by atoms with E-state index in [1.165, 1.54) is 0 Å². The van der Waals surface area contributed by atoms with Gasteiger partial charge in [-0.1, -0.05) is 12.1 Å². The molecular weight excluding hydrogens is 300 g/mol. The minimum absolute atomic E-state index is 0. The van der Waals surface area contributed by atoms with E-state index in [1.54, 1.807) is 43.0 Å². The van der Waals surface area contributed by atoms with Crippen LogP contribution in [0.1, 0.15) is 24.2 Å². The van der Waals surface area contributed by atoms with Gasteiger partial charge in [0.2, 0.25) is 0 Å². The third-order valence-corrected chi connectivity index (χ3v) is 6.08. The number of carbonyl (C=O) groups excluding carboxylic acids is 1. The highest BCUT2D eigenvalue weighted by Crippen LogP contribution is 2.23. The molecule has 2 rings (SSSR count). The number of nitrogens with two attached hydrogens (primary N) is 1. The molecular formula is C13H19ClN2O3S. The van der Waals surface area contributed by atoms with E-state index in [2.05, 4.69) is 0 Å². The van der Waals surface area contributed by atoms with Crippen molar-refractivity contribution < 1.29 is 13.2 Å². The van der Waals surface area contributed by atoms with Gasteiger partial charge >= 0.3 is 0 Å². The molecule has 0 saturated carbocycles. The van der Waals surface area contributed by atoms with Gasteiger partial charge in [0, 0.05) is 18.3 Å². The summed E-state index contributed by atoms with van der Waals surface area (Å²) in [5.41, 5.74) is 6.64. The molecule has 0 aliphatic carbocycles. The molecule has 1 heterocycles. The lowest BCUT2D eigenvalue weighted by molar-refractivity contribution is 0.0694. The molecule has 112 valence electrons. The number of hydrogen-bond donors (Lipinski definition) is 1. The topological polar surface area (TPSA) is 80.5 Å². The first-order valence-electron chi connectivity index (χ1n) is 6.21. The van der Waals surface area contributed by atoms with Gasteiger partial charge in [-0.25, -0.2) is 8.42 Å². The summed E-state index contributed by atoms with van der Waals surface area (Å²) in [7, 11) is -3.09. The molecule has 0 radical (unpaired) electrons. The number of sulfone groups is 1. The average molecular weight is 319 g/mol. The fourth-order valence-corrected chi connectivity index (χ4v) is 3.87. The summed E-state index contributed by atoms with van der Waals surface area (Å²) in [6.45, 7) is 3.63. The predicted molar refractivity (Wildman–Crippen MR) is 81.8 cm³/mol. The molecule has 1 amide bonds. The largest absolute Gasteiger partial charge is 0.398 e. The Morgan fingerprint density at radius 1 is 1.30 bits per heavy atom. The minimum atomic E-state index is -3.09. The van der Waals surface area contributed by atoms with Crippen LogP contribution in [0.5, 0.6) is 0 Å². The Morgan fingerprint density at radius 2 is 1.90 bits per heavy atom. The monoisotopic (exact) mass is 318 g/mol. The van der Waals surface area contributed by atoms with Crippen LogP contribution in [-0.2, 0) is 9.84 Å². The van der Waals surface area contributed by atoms with Crippen LogP contribution < -0.4 is 5.73 Å². The Bertz CT molecular complexity index is 603. The van der Waals surface area contributed by atoms with Crippen LogP contribution in [0.2, 0.25) is 0 Å². The Balaban J connectivity index is 0.00000200.